The molecule has 0 radical (unpaired) electrons. The van der Waals surface area contributed by atoms with Gasteiger partial charge >= 0.3 is 6.03 Å². The van der Waals surface area contributed by atoms with Gasteiger partial charge in [-0.25, -0.2) is 9.18 Å². The van der Waals surface area contributed by atoms with Gasteiger partial charge in [0.05, 0.1) is 13.2 Å². The Balaban J connectivity index is 1.55. The van der Waals surface area contributed by atoms with Gasteiger partial charge in [0.2, 0.25) is 0 Å². The van der Waals surface area contributed by atoms with Crippen molar-refractivity contribution < 1.29 is 13.9 Å². The van der Waals surface area contributed by atoms with E-state index < -0.39 is 0 Å². The van der Waals surface area contributed by atoms with Crippen molar-refractivity contribution in [1.82, 2.24) is 15.1 Å². The highest BCUT2D eigenvalue weighted by Crippen LogP contribution is 2.24. The van der Waals surface area contributed by atoms with E-state index in [0.29, 0.717) is 25.2 Å². The number of carbonyl (C=O) groups is 1. The van der Waals surface area contributed by atoms with Crippen LogP contribution in [0.5, 0.6) is 5.75 Å². The number of methoxy groups -OCH3 is 1. The van der Waals surface area contributed by atoms with Crippen LogP contribution < -0.4 is 10.1 Å². The van der Waals surface area contributed by atoms with Gasteiger partial charge in [0.1, 0.15) is 11.6 Å². The molecule has 0 aliphatic carbocycles. The van der Waals surface area contributed by atoms with Crippen LogP contribution in [0.1, 0.15) is 31.0 Å². The minimum Gasteiger partial charge on any atom is -0.497 e. The molecular weight excluding hydrogens is 369 g/mol. The molecule has 1 saturated heterocycles. The number of nitrogens with zero attached hydrogens (tertiary/aromatic N) is 2. The van der Waals surface area contributed by atoms with Crippen molar-refractivity contribution in [3.8, 4) is 5.75 Å². The molecular formula is C23H30FN3O2. The van der Waals surface area contributed by atoms with Crippen molar-refractivity contribution in [3.63, 3.8) is 0 Å². The van der Waals surface area contributed by atoms with Crippen molar-refractivity contribution in [2.75, 3.05) is 33.3 Å². The number of benzene rings is 2. The highest BCUT2D eigenvalue weighted by atomic mass is 19.1. The lowest BCUT2D eigenvalue weighted by atomic mass is 9.96. The first-order valence-electron chi connectivity index (χ1n) is 10.1. The first kappa shape index (κ1) is 21.1. The molecule has 3 rings (SSSR count). The van der Waals surface area contributed by atoms with Crippen LogP contribution in [0.3, 0.4) is 0 Å². The lowest BCUT2D eigenvalue weighted by Crippen LogP contribution is -2.52. The molecule has 1 N–H and O–H groups in total. The first-order valence-corrected chi connectivity index (χ1v) is 10.1. The van der Waals surface area contributed by atoms with Gasteiger partial charge in [0.15, 0.2) is 0 Å². The number of ether oxygens (including phenoxy) is 1. The van der Waals surface area contributed by atoms with Crippen molar-refractivity contribution in [2.24, 2.45) is 5.92 Å². The summed E-state index contributed by atoms with van der Waals surface area (Å²) in [5.41, 5.74) is 1.76. The molecule has 5 nitrogen and oxygen atoms in total. The smallest absolute Gasteiger partial charge is 0.317 e. The van der Waals surface area contributed by atoms with Crippen molar-refractivity contribution in [2.45, 2.75) is 26.4 Å². The van der Waals surface area contributed by atoms with Crippen LogP contribution in [0, 0.1) is 11.7 Å². The Morgan fingerprint density at radius 3 is 2.31 bits per heavy atom. The van der Waals surface area contributed by atoms with E-state index in [-0.39, 0.29) is 23.8 Å². The van der Waals surface area contributed by atoms with Gasteiger partial charge < -0.3 is 15.0 Å². The van der Waals surface area contributed by atoms with Crippen LogP contribution in [-0.4, -0.2) is 49.1 Å². The van der Waals surface area contributed by atoms with Crippen LogP contribution in [-0.2, 0) is 6.54 Å². The number of hydrogen-bond donors (Lipinski definition) is 1. The van der Waals surface area contributed by atoms with E-state index in [1.54, 1.807) is 13.2 Å². The minimum absolute atomic E-state index is 0.0509. The molecule has 0 bridgehead atoms. The lowest BCUT2D eigenvalue weighted by molar-refractivity contribution is 0.131. The summed E-state index contributed by atoms with van der Waals surface area (Å²) in [5, 5.41) is 3.18. The summed E-state index contributed by atoms with van der Waals surface area (Å²) < 4.78 is 19.1. The third kappa shape index (κ3) is 5.48. The van der Waals surface area contributed by atoms with E-state index in [1.807, 2.05) is 41.3 Å². The Labute approximate surface area is 172 Å². The van der Waals surface area contributed by atoms with Gasteiger partial charge in [-0.3, -0.25) is 4.90 Å². The number of amides is 2. The predicted octanol–water partition coefficient (Wildman–Crippen LogP) is 4.06. The molecule has 2 aromatic carbocycles. The number of carbonyl (C=O) groups excluding carboxylic acids is 1. The standard InChI is InChI=1S/C23H30FN3O2/c1-17(2)22(18-8-10-20(29-3)11-9-18)25-23(28)27-14-12-26(13-15-27)16-19-6-4-5-7-21(19)24/h4-11,17,22H,12-16H2,1-3H3,(H,25,28). The number of halogens is 1. The summed E-state index contributed by atoms with van der Waals surface area (Å²) >= 11 is 0. The van der Waals surface area contributed by atoms with Crippen LogP contribution in [0.4, 0.5) is 9.18 Å². The van der Waals surface area contributed by atoms with E-state index in [4.69, 9.17) is 4.74 Å². The average molecular weight is 400 g/mol. The van der Waals surface area contributed by atoms with E-state index in [0.717, 1.165) is 24.4 Å². The number of piperazine rings is 1. The molecule has 0 saturated carbocycles. The molecule has 1 aliphatic heterocycles. The third-order valence-electron chi connectivity index (χ3n) is 5.43. The summed E-state index contributed by atoms with van der Waals surface area (Å²) in [5.74, 6) is 0.884. The zero-order valence-corrected chi connectivity index (χ0v) is 17.4. The maximum Gasteiger partial charge on any atom is 0.317 e. The lowest BCUT2D eigenvalue weighted by Gasteiger charge is -2.36. The first-order chi connectivity index (χ1) is 14.0. The Kier molecular flexibility index (Phi) is 7.09. The molecule has 2 aromatic rings. The van der Waals surface area contributed by atoms with E-state index >= 15 is 0 Å². The van der Waals surface area contributed by atoms with E-state index in [9.17, 15) is 9.18 Å². The van der Waals surface area contributed by atoms with Crippen LogP contribution in [0.25, 0.3) is 0 Å². The summed E-state index contributed by atoms with van der Waals surface area (Å²) in [6.07, 6.45) is 0. The molecule has 1 fully saturated rings. The maximum atomic E-state index is 13.9. The predicted molar refractivity (Wildman–Crippen MR) is 112 cm³/mol. The summed E-state index contributed by atoms with van der Waals surface area (Å²) in [4.78, 5) is 16.9. The van der Waals surface area contributed by atoms with Crippen LogP contribution in [0.2, 0.25) is 0 Å². The SMILES string of the molecule is COc1ccc(C(NC(=O)N2CCN(Cc3ccccc3F)CC2)C(C)C)cc1. The fraction of sp³-hybridized carbons (Fsp3) is 0.435. The zero-order valence-electron chi connectivity index (χ0n) is 17.4. The number of hydrogen-bond acceptors (Lipinski definition) is 3. The molecule has 2 amide bonds. The van der Waals surface area contributed by atoms with Gasteiger partial charge in [-0.2, -0.15) is 0 Å². The van der Waals surface area contributed by atoms with Gasteiger partial charge in [-0.15, -0.1) is 0 Å². The molecule has 0 aromatic heterocycles. The Hall–Kier alpha value is -2.60. The molecule has 29 heavy (non-hydrogen) atoms. The monoisotopic (exact) mass is 399 g/mol. The van der Waals surface area contributed by atoms with Crippen molar-refractivity contribution in [1.29, 1.82) is 0 Å². The van der Waals surface area contributed by atoms with E-state index in [1.165, 1.54) is 6.07 Å². The minimum atomic E-state index is -0.174. The molecule has 156 valence electrons. The fourth-order valence-corrected chi connectivity index (χ4v) is 3.65. The number of rotatable bonds is 6. The van der Waals surface area contributed by atoms with Gasteiger partial charge in [0, 0.05) is 38.3 Å². The zero-order chi connectivity index (χ0) is 20.8. The third-order valence-corrected chi connectivity index (χ3v) is 5.43. The molecule has 1 aliphatic rings. The molecule has 1 unspecified atom stereocenters. The summed E-state index contributed by atoms with van der Waals surface area (Å²) in [6.45, 7) is 7.50. The second-order valence-electron chi connectivity index (χ2n) is 7.80. The highest BCUT2D eigenvalue weighted by Gasteiger charge is 2.25. The average Bonchev–Trinajstić information content (AvgIpc) is 2.74. The Bertz CT molecular complexity index is 802. The Morgan fingerprint density at radius 2 is 1.72 bits per heavy atom. The van der Waals surface area contributed by atoms with Crippen molar-refractivity contribution in [3.05, 3.63) is 65.5 Å². The summed E-state index contributed by atoms with van der Waals surface area (Å²) in [6, 6.07) is 14.6. The molecule has 6 heteroatoms. The quantitative estimate of drug-likeness (QED) is 0.797. The normalized spacial score (nSPS) is 16.0. The van der Waals surface area contributed by atoms with E-state index in [2.05, 4.69) is 24.1 Å². The Morgan fingerprint density at radius 1 is 1.07 bits per heavy atom. The number of nitrogens with one attached hydrogen (secondary N) is 1. The number of urea groups is 1. The van der Waals surface area contributed by atoms with Crippen LogP contribution >= 0.6 is 0 Å². The van der Waals surface area contributed by atoms with Gasteiger partial charge in [-0.05, 0) is 29.7 Å². The molecule has 1 atom stereocenters. The van der Waals surface area contributed by atoms with Crippen LogP contribution in [0.15, 0.2) is 48.5 Å². The maximum absolute atomic E-state index is 13.9. The molecule has 0 spiro atoms. The van der Waals surface area contributed by atoms with Gasteiger partial charge in [0.25, 0.3) is 0 Å². The van der Waals surface area contributed by atoms with Crippen molar-refractivity contribution >= 4 is 6.03 Å². The second kappa shape index (κ2) is 9.74. The topological polar surface area (TPSA) is 44.8 Å². The fourth-order valence-electron chi connectivity index (χ4n) is 3.65. The largest absolute Gasteiger partial charge is 0.497 e. The summed E-state index contributed by atoms with van der Waals surface area (Å²) in [7, 11) is 1.64. The molecule has 1 heterocycles. The van der Waals surface area contributed by atoms with Gasteiger partial charge in [-0.1, -0.05) is 44.2 Å². The highest BCUT2D eigenvalue weighted by molar-refractivity contribution is 5.75. The second-order valence-corrected chi connectivity index (χ2v) is 7.80.